The van der Waals surface area contributed by atoms with Crippen molar-refractivity contribution in [1.82, 2.24) is 15.5 Å². The molecule has 1 heterocycles. The van der Waals surface area contributed by atoms with E-state index < -0.39 is 0 Å². The molecule has 20 heavy (non-hydrogen) atoms. The van der Waals surface area contributed by atoms with Crippen molar-refractivity contribution in [3.8, 4) is 0 Å². The molecular formula is C16H29N3O. The highest BCUT2D eigenvalue weighted by Gasteiger charge is 2.30. The Hall–Kier alpha value is -0.900. The summed E-state index contributed by atoms with van der Waals surface area (Å²) in [5.41, 5.74) is -0.237. The van der Waals surface area contributed by atoms with Crippen LogP contribution >= 0.6 is 0 Å². The van der Waals surface area contributed by atoms with Crippen LogP contribution < -0.4 is 5.32 Å². The SMILES string of the molecule is CCCC1CCC(c2noc(C(C)(C)NCC)n2)CC1. The lowest BCUT2D eigenvalue weighted by Crippen LogP contribution is -2.36. The summed E-state index contributed by atoms with van der Waals surface area (Å²) in [6, 6.07) is 0. The van der Waals surface area contributed by atoms with Crippen molar-refractivity contribution in [2.24, 2.45) is 5.92 Å². The van der Waals surface area contributed by atoms with Crippen LogP contribution in [0.3, 0.4) is 0 Å². The van der Waals surface area contributed by atoms with Crippen molar-refractivity contribution in [2.75, 3.05) is 6.54 Å². The fourth-order valence-corrected chi connectivity index (χ4v) is 3.29. The minimum absolute atomic E-state index is 0.237. The van der Waals surface area contributed by atoms with Gasteiger partial charge >= 0.3 is 0 Å². The highest BCUT2D eigenvalue weighted by atomic mass is 16.5. The maximum atomic E-state index is 5.49. The Morgan fingerprint density at radius 1 is 1.20 bits per heavy atom. The quantitative estimate of drug-likeness (QED) is 0.855. The molecule has 4 heteroatoms. The second-order valence-electron chi connectivity index (χ2n) is 6.62. The van der Waals surface area contributed by atoms with Gasteiger partial charge < -0.3 is 9.84 Å². The largest absolute Gasteiger partial charge is 0.337 e. The van der Waals surface area contributed by atoms with E-state index in [1.807, 2.05) is 0 Å². The molecule has 0 amide bonds. The fourth-order valence-electron chi connectivity index (χ4n) is 3.29. The predicted molar refractivity (Wildman–Crippen MR) is 80.6 cm³/mol. The van der Waals surface area contributed by atoms with Crippen LogP contribution in [0.15, 0.2) is 4.52 Å². The lowest BCUT2D eigenvalue weighted by molar-refractivity contribution is 0.266. The summed E-state index contributed by atoms with van der Waals surface area (Å²) >= 11 is 0. The van der Waals surface area contributed by atoms with Gasteiger partial charge in [-0.2, -0.15) is 4.98 Å². The van der Waals surface area contributed by atoms with Gasteiger partial charge in [-0.15, -0.1) is 0 Å². The summed E-state index contributed by atoms with van der Waals surface area (Å²) in [5.74, 6) is 3.05. The number of nitrogens with one attached hydrogen (secondary N) is 1. The van der Waals surface area contributed by atoms with E-state index in [-0.39, 0.29) is 5.54 Å². The van der Waals surface area contributed by atoms with E-state index in [0.29, 0.717) is 11.8 Å². The third kappa shape index (κ3) is 3.60. The van der Waals surface area contributed by atoms with Crippen LogP contribution in [0.4, 0.5) is 0 Å². The van der Waals surface area contributed by atoms with Crippen LogP contribution in [-0.4, -0.2) is 16.7 Å². The zero-order valence-corrected chi connectivity index (χ0v) is 13.4. The molecule has 0 aromatic carbocycles. The van der Waals surface area contributed by atoms with Crippen LogP contribution in [-0.2, 0) is 5.54 Å². The van der Waals surface area contributed by atoms with Gasteiger partial charge in [0.15, 0.2) is 5.82 Å². The van der Waals surface area contributed by atoms with Gasteiger partial charge in [0.25, 0.3) is 0 Å². The Morgan fingerprint density at radius 2 is 1.90 bits per heavy atom. The zero-order valence-electron chi connectivity index (χ0n) is 13.4. The molecule has 0 unspecified atom stereocenters. The summed E-state index contributed by atoms with van der Waals surface area (Å²) in [6.07, 6.45) is 7.74. The molecule has 2 rings (SSSR count). The first-order valence-electron chi connectivity index (χ1n) is 8.16. The van der Waals surface area contributed by atoms with Crippen molar-refractivity contribution < 1.29 is 4.52 Å². The average Bonchev–Trinajstić information content (AvgIpc) is 2.90. The Labute approximate surface area is 122 Å². The van der Waals surface area contributed by atoms with Gasteiger partial charge in [-0.3, -0.25) is 0 Å². The van der Waals surface area contributed by atoms with Gasteiger partial charge in [0, 0.05) is 5.92 Å². The normalized spacial score (nSPS) is 24.0. The molecule has 0 radical (unpaired) electrons. The van der Waals surface area contributed by atoms with Gasteiger partial charge in [-0.1, -0.05) is 31.8 Å². The van der Waals surface area contributed by atoms with E-state index >= 15 is 0 Å². The smallest absolute Gasteiger partial charge is 0.246 e. The van der Waals surface area contributed by atoms with Crippen molar-refractivity contribution >= 4 is 0 Å². The Kier molecular flexibility index (Phi) is 5.19. The minimum atomic E-state index is -0.237. The Balaban J connectivity index is 1.96. The lowest BCUT2D eigenvalue weighted by atomic mass is 9.80. The first-order chi connectivity index (χ1) is 9.56. The van der Waals surface area contributed by atoms with E-state index in [1.54, 1.807) is 0 Å². The van der Waals surface area contributed by atoms with E-state index in [2.05, 4.69) is 43.2 Å². The molecule has 114 valence electrons. The second kappa shape index (κ2) is 6.70. The van der Waals surface area contributed by atoms with Crippen molar-refractivity contribution in [2.45, 2.75) is 77.7 Å². The van der Waals surface area contributed by atoms with Gasteiger partial charge in [0.1, 0.15) is 0 Å². The molecule has 0 bridgehead atoms. The molecule has 1 aliphatic carbocycles. The standard InChI is InChI=1S/C16H29N3O/c1-5-7-12-8-10-13(11-9-12)14-18-15(20-19-14)16(3,4)17-6-2/h12-13,17H,5-11H2,1-4H3. The summed E-state index contributed by atoms with van der Waals surface area (Å²) < 4.78 is 5.49. The average molecular weight is 279 g/mol. The Bertz CT molecular complexity index is 406. The number of rotatable bonds is 6. The second-order valence-corrected chi connectivity index (χ2v) is 6.62. The molecule has 1 saturated carbocycles. The molecule has 1 fully saturated rings. The third-order valence-corrected chi connectivity index (χ3v) is 4.50. The summed E-state index contributed by atoms with van der Waals surface area (Å²) in [4.78, 5) is 4.65. The van der Waals surface area contributed by atoms with Crippen LogP contribution in [0.2, 0.25) is 0 Å². The highest BCUT2D eigenvalue weighted by Crippen LogP contribution is 2.36. The van der Waals surface area contributed by atoms with Crippen LogP contribution in [0, 0.1) is 5.92 Å². The van der Waals surface area contributed by atoms with Gasteiger partial charge in [-0.05, 0) is 52.0 Å². The molecule has 1 aliphatic rings. The summed E-state index contributed by atoms with van der Waals surface area (Å²) in [7, 11) is 0. The third-order valence-electron chi connectivity index (χ3n) is 4.50. The molecule has 0 atom stereocenters. The molecular weight excluding hydrogens is 250 g/mol. The molecule has 0 saturated heterocycles. The van der Waals surface area contributed by atoms with Gasteiger partial charge in [0.2, 0.25) is 5.89 Å². The molecule has 0 aliphatic heterocycles. The molecule has 0 spiro atoms. The molecule has 1 aromatic heterocycles. The lowest BCUT2D eigenvalue weighted by Gasteiger charge is -2.26. The van der Waals surface area contributed by atoms with Crippen molar-refractivity contribution in [1.29, 1.82) is 0 Å². The summed E-state index contributed by atoms with van der Waals surface area (Å²) in [6.45, 7) is 9.44. The van der Waals surface area contributed by atoms with Crippen LogP contribution in [0.1, 0.15) is 83.9 Å². The predicted octanol–water partition coefficient (Wildman–Crippen LogP) is 3.99. The number of nitrogens with zero attached hydrogens (tertiary/aromatic N) is 2. The van der Waals surface area contributed by atoms with Crippen LogP contribution in [0.5, 0.6) is 0 Å². The van der Waals surface area contributed by atoms with Gasteiger partial charge in [-0.25, -0.2) is 0 Å². The van der Waals surface area contributed by atoms with E-state index in [1.165, 1.54) is 38.5 Å². The van der Waals surface area contributed by atoms with Gasteiger partial charge in [0.05, 0.1) is 5.54 Å². The monoisotopic (exact) mass is 279 g/mol. The number of hydrogen-bond donors (Lipinski definition) is 1. The van der Waals surface area contributed by atoms with E-state index in [0.717, 1.165) is 18.3 Å². The minimum Gasteiger partial charge on any atom is -0.337 e. The first kappa shape index (κ1) is 15.5. The maximum absolute atomic E-state index is 5.49. The van der Waals surface area contributed by atoms with Crippen molar-refractivity contribution in [3.63, 3.8) is 0 Å². The highest BCUT2D eigenvalue weighted by molar-refractivity contribution is 5.03. The number of hydrogen-bond acceptors (Lipinski definition) is 4. The molecule has 1 N–H and O–H groups in total. The molecule has 4 nitrogen and oxygen atoms in total. The maximum Gasteiger partial charge on any atom is 0.246 e. The van der Waals surface area contributed by atoms with Crippen molar-refractivity contribution in [3.05, 3.63) is 11.7 Å². The fraction of sp³-hybridized carbons (Fsp3) is 0.875. The van der Waals surface area contributed by atoms with E-state index in [4.69, 9.17) is 4.52 Å². The summed E-state index contributed by atoms with van der Waals surface area (Å²) in [5, 5.41) is 7.62. The number of aromatic nitrogens is 2. The Morgan fingerprint density at radius 3 is 2.50 bits per heavy atom. The zero-order chi connectivity index (χ0) is 14.6. The molecule has 1 aromatic rings. The topological polar surface area (TPSA) is 51.0 Å². The van der Waals surface area contributed by atoms with E-state index in [9.17, 15) is 0 Å². The first-order valence-corrected chi connectivity index (χ1v) is 8.16. The van der Waals surface area contributed by atoms with Crippen LogP contribution in [0.25, 0.3) is 0 Å².